The molecule has 2 amide bonds. The van der Waals surface area contributed by atoms with Crippen molar-refractivity contribution in [3.8, 4) is 0 Å². The highest BCUT2D eigenvalue weighted by Crippen LogP contribution is 2.21. The third-order valence-electron chi connectivity index (χ3n) is 5.12. The molecule has 0 saturated heterocycles. The molecule has 0 aliphatic rings. The fourth-order valence-electron chi connectivity index (χ4n) is 3.27. The van der Waals surface area contributed by atoms with Gasteiger partial charge in [-0.25, -0.2) is 0 Å². The first-order chi connectivity index (χ1) is 14.9. The molecule has 0 atom stereocenters. The van der Waals surface area contributed by atoms with Crippen LogP contribution in [0.4, 0.5) is 17.1 Å². The summed E-state index contributed by atoms with van der Waals surface area (Å²) in [5, 5.41) is 5.86. The Balaban J connectivity index is 1.74. The van der Waals surface area contributed by atoms with Gasteiger partial charge in [0.05, 0.1) is 0 Å². The molecule has 0 heterocycles. The average molecular weight is 416 g/mol. The number of aryl methyl sites for hydroxylation is 2. The second kappa shape index (κ2) is 9.94. The van der Waals surface area contributed by atoms with Gasteiger partial charge >= 0.3 is 0 Å². The number of carbonyl (C=O) groups excluding carboxylic acids is 2. The minimum absolute atomic E-state index is 0.192. The van der Waals surface area contributed by atoms with Crippen LogP contribution in [0.15, 0.2) is 66.7 Å². The molecule has 160 valence electrons. The smallest absolute Gasteiger partial charge is 0.255 e. The SMILES string of the molecule is CCCc1ccc(C(=O)Nc2cc(C(=O)Nc3cccc(N(C)C)c3)ccc2C)cc1. The Morgan fingerprint density at radius 2 is 1.52 bits per heavy atom. The Bertz CT molecular complexity index is 1070. The fraction of sp³-hybridized carbons (Fsp3) is 0.231. The van der Waals surface area contributed by atoms with Crippen LogP contribution in [0.25, 0.3) is 0 Å². The quantitative estimate of drug-likeness (QED) is 0.534. The zero-order chi connectivity index (χ0) is 22.4. The lowest BCUT2D eigenvalue weighted by molar-refractivity contribution is 0.101. The maximum atomic E-state index is 12.8. The van der Waals surface area contributed by atoms with Gasteiger partial charge in [0.2, 0.25) is 0 Å². The van der Waals surface area contributed by atoms with Gasteiger partial charge in [0, 0.05) is 42.3 Å². The van der Waals surface area contributed by atoms with Crippen molar-refractivity contribution < 1.29 is 9.59 Å². The molecule has 5 nitrogen and oxygen atoms in total. The lowest BCUT2D eigenvalue weighted by atomic mass is 10.1. The van der Waals surface area contributed by atoms with E-state index in [1.54, 1.807) is 12.1 Å². The summed E-state index contributed by atoms with van der Waals surface area (Å²) in [6.07, 6.45) is 2.06. The molecule has 0 aromatic heterocycles. The molecule has 0 spiro atoms. The maximum Gasteiger partial charge on any atom is 0.255 e. The third kappa shape index (κ3) is 5.72. The monoisotopic (exact) mass is 415 g/mol. The van der Waals surface area contributed by atoms with Gasteiger partial charge in [-0.05, 0) is 66.9 Å². The molecule has 2 N–H and O–H groups in total. The van der Waals surface area contributed by atoms with Gasteiger partial charge in [-0.1, -0.05) is 37.6 Å². The van der Waals surface area contributed by atoms with Gasteiger partial charge in [-0.15, -0.1) is 0 Å². The Kier molecular flexibility index (Phi) is 7.08. The lowest BCUT2D eigenvalue weighted by Crippen LogP contribution is -2.16. The summed E-state index contributed by atoms with van der Waals surface area (Å²) in [5.74, 6) is -0.419. The molecule has 3 aromatic rings. The molecule has 0 unspecified atom stereocenters. The Hall–Kier alpha value is -3.60. The van der Waals surface area contributed by atoms with Crippen LogP contribution in [-0.2, 0) is 6.42 Å². The van der Waals surface area contributed by atoms with E-state index in [-0.39, 0.29) is 11.8 Å². The highest BCUT2D eigenvalue weighted by Gasteiger charge is 2.12. The summed E-state index contributed by atoms with van der Waals surface area (Å²) in [4.78, 5) is 27.4. The van der Waals surface area contributed by atoms with E-state index in [0.717, 1.165) is 29.8 Å². The van der Waals surface area contributed by atoms with Crippen LogP contribution in [-0.4, -0.2) is 25.9 Å². The lowest BCUT2D eigenvalue weighted by Gasteiger charge is -2.14. The van der Waals surface area contributed by atoms with E-state index in [1.165, 1.54) is 5.56 Å². The highest BCUT2D eigenvalue weighted by molar-refractivity contribution is 6.08. The molecule has 0 aliphatic carbocycles. The second-order valence-corrected chi connectivity index (χ2v) is 7.83. The Morgan fingerprint density at radius 1 is 0.839 bits per heavy atom. The summed E-state index contributed by atoms with van der Waals surface area (Å²) >= 11 is 0. The van der Waals surface area contributed by atoms with Crippen LogP contribution in [0.2, 0.25) is 0 Å². The number of nitrogens with zero attached hydrogens (tertiary/aromatic N) is 1. The number of hydrogen-bond donors (Lipinski definition) is 2. The van der Waals surface area contributed by atoms with Gasteiger partial charge in [0.25, 0.3) is 11.8 Å². The number of benzene rings is 3. The van der Waals surface area contributed by atoms with Crippen LogP contribution in [0, 0.1) is 6.92 Å². The van der Waals surface area contributed by atoms with Crippen LogP contribution in [0.3, 0.4) is 0 Å². The van der Waals surface area contributed by atoms with E-state index in [0.29, 0.717) is 16.8 Å². The Labute approximate surface area is 184 Å². The largest absolute Gasteiger partial charge is 0.378 e. The first kappa shape index (κ1) is 22.1. The summed E-state index contributed by atoms with van der Waals surface area (Å²) in [6, 6.07) is 20.6. The van der Waals surface area contributed by atoms with Crippen LogP contribution in [0.5, 0.6) is 0 Å². The summed E-state index contributed by atoms with van der Waals surface area (Å²) < 4.78 is 0. The number of nitrogens with one attached hydrogen (secondary N) is 2. The van der Waals surface area contributed by atoms with Crippen molar-refractivity contribution in [2.75, 3.05) is 29.6 Å². The van der Waals surface area contributed by atoms with E-state index in [1.807, 2.05) is 80.5 Å². The molecule has 0 radical (unpaired) electrons. The van der Waals surface area contributed by atoms with E-state index < -0.39 is 0 Å². The van der Waals surface area contributed by atoms with Crippen molar-refractivity contribution in [3.63, 3.8) is 0 Å². The molecular formula is C26H29N3O2. The molecule has 0 aliphatic heterocycles. The van der Waals surface area contributed by atoms with Gasteiger partial charge in [0.15, 0.2) is 0 Å². The van der Waals surface area contributed by atoms with Gasteiger partial charge in [-0.3, -0.25) is 9.59 Å². The standard InChI is InChI=1S/C26H29N3O2/c1-5-7-19-11-14-20(15-12-19)25(30)28-24-16-21(13-10-18(24)2)26(31)27-22-8-6-9-23(17-22)29(3)4/h6,8-17H,5,7H2,1-4H3,(H,27,31)(H,28,30). The van der Waals surface area contributed by atoms with E-state index in [4.69, 9.17) is 0 Å². The second-order valence-electron chi connectivity index (χ2n) is 7.83. The summed E-state index contributed by atoms with van der Waals surface area (Å²) in [7, 11) is 3.90. The number of rotatable bonds is 7. The van der Waals surface area contributed by atoms with E-state index >= 15 is 0 Å². The van der Waals surface area contributed by atoms with Crippen LogP contribution < -0.4 is 15.5 Å². The highest BCUT2D eigenvalue weighted by atomic mass is 16.2. The normalized spacial score (nSPS) is 10.5. The van der Waals surface area contributed by atoms with Gasteiger partial charge in [-0.2, -0.15) is 0 Å². The average Bonchev–Trinajstić information content (AvgIpc) is 2.76. The number of amides is 2. The molecule has 0 saturated carbocycles. The number of anilines is 3. The van der Waals surface area contributed by atoms with Gasteiger partial charge < -0.3 is 15.5 Å². The van der Waals surface area contributed by atoms with E-state index in [2.05, 4.69) is 17.6 Å². The molecule has 0 fully saturated rings. The van der Waals surface area contributed by atoms with Crippen molar-refractivity contribution in [1.29, 1.82) is 0 Å². The number of carbonyl (C=O) groups is 2. The van der Waals surface area contributed by atoms with Crippen molar-refractivity contribution in [3.05, 3.63) is 89.0 Å². The minimum Gasteiger partial charge on any atom is -0.378 e. The zero-order valence-electron chi connectivity index (χ0n) is 18.5. The van der Waals surface area contributed by atoms with Crippen molar-refractivity contribution in [2.24, 2.45) is 0 Å². The first-order valence-electron chi connectivity index (χ1n) is 10.5. The molecule has 31 heavy (non-hydrogen) atoms. The van der Waals surface area contributed by atoms with Crippen molar-refractivity contribution >= 4 is 28.9 Å². The first-order valence-corrected chi connectivity index (χ1v) is 10.5. The summed E-state index contributed by atoms with van der Waals surface area (Å²) in [5.41, 5.74) is 5.52. The molecular weight excluding hydrogens is 386 g/mol. The number of hydrogen-bond acceptors (Lipinski definition) is 3. The van der Waals surface area contributed by atoms with Crippen molar-refractivity contribution in [2.45, 2.75) is 26.7 Å². The van der Waals surface area contributed by atoms with Crippen LogP contribution in [0.1, 0.15) is 45.2 Å². The predicted octanol–water partition coefficient (Wildman–Crippen LogP) is 5.52. The predicted molar refractivity (Wildman–Crippen MR) is 128 cm³/mol. The maximum absolute atomic E-state index is 12.8. The minimum atomic E-state index is -0.227. The third-order valence-corrected chi connectivity index (χ3v) is 5.12. The van der Waals surface area contributed by atoms with Crippen molar-refractivity contribution in [1.82, 2.24) is 0 Å². The zero-order valence-corrected chi connectivity index (χ0v) is 18.5. The fourth-order valence-corrected chi connectivity index (χ4v) is 3.27. The molecule has 3 rings (SSSR count). The van der Waals surface area contributed by atoms with E-state index in [9.17, 15) is 9.59 Å². The topological polar surface area (TPSA) is 61.4 Å². The van der Waals surface area contributed by atoms with Gasteiger partial charge in [0.1, 0.15) is 0 Å². The molecule has 3 aromatic carbocycles. The van der Waals surface area contributed by atoms with Crippen LogP contribution >= 0.6 is 0 Å². The molecule has 5 heteroatoms. The Morgan fingerprint density at radius 3 is 2.19 bits per heavy atom. The summed E-state index contributed by atoms with van der Waals surface area (Å²) in [6.45, 7) is 4.04. The molecule has 0 bridgehead atoms.